The van der Waals surface area contributed by atoms with E-state index in [4.69, 9.17) is 27.1 Å². The summed E-state index contributed by atoms with van der Waals surface area (Å²) in [6.07, 6.45) is 3.26. The summed E-state index contributed by atoms with van der Waals surface area (Å²) in [5.41, 5.74) is 3.23. The normalized spacial score (nSPS) is 20.1. The Morgan fingerprint density at radius 1 is 1.26 bits per heavy atom. The van der Waals surface area contributed by atoms with Crippen LogP contribution in [0.25, 0.3) is 0 Å². The quantitative estimate of drug-likeness (QED) is 0.200. The lowest BCUT2D eigenvalue weighted by Gasteiger charge is -2.40. The fourth-order valence-electron chi connectivity index (χ4n) is 3.79. The standard InChI is InChI=1S/C25H45N3O3SSi2/c1-24(2,3)31-23(29)28-14-11-13-25(28,4)21(32)22-26-18-20(12-16-33(5,6)7)27(22)19-30-15-17-34(8,9)10/h18,21,32H,11,13-15,17,19H2,1-10H3/t21-,25+/m1/s1. The van der Waals surface area contributed by atoms with Crippen LogP contribution in [0.1, 0.15) is 57.3 Å². The van der Waals surface area contributed by atoms with Crippen molar-refractivity contribution >= 4 is 34.9 Å². The molecule has 0 aromatic carbocycles. The van der Waals surface area contributed by atoms with Gasteiger partial charge in [-0.2, -0.15) is 12.6 Å². The fourth-order valence-corrected chi connectivity index (χ4v) is 5.53. The molecule has 1 amide bonds. The molecule has 0 radical (unpaired) electrons. The van der Waals surface area contributed by atoms with Gasteiger partial charge in [0.05, 0.1) is 17.0 Å². The van der Waals surface area contributed by atoms with E-state index in [1.165, 1.54) is 0 Å². The van der Waals surface area contributed by atoms with Crippen LogP contribution in [-0.2, 0) is 16.2 Å². The summed E-state index contributed by atoms with van der Waals surface area (Å²) < 4.78 is 13.9. The first-order valence-corrected chi connectivity index (χ1v) is 20.0. The minimum absolute atomic E-state index is 0.296. The first-order chi connectivity index (χ1) is 15.4. The van der Waals surface area contributed by atoms with Crippen molar-refractivity contribution in [1.29, 1.82) is 0 Å². The average molecular weight is 524 g/mol. The molecular formula is C25H45N3O3SSi2. The Balaban J connectivity index is 2.36. The predicted molar refractivity (Wildman–Crippen MR) is 149 cm³/mol. The zero-order chi connectivity index (χ0) is 25.9. The van der Waals surface area contributed by atoms with Crippen LogP contribution in [0, 0.1) is 11.5 Å². The third-order valence-electron chi connectivity index (χ3n) is 5.80. The molecule has 0 bridgehead atoms. The number of likely N-dealkylation sites (tertiary alicyclic amines) is 1. The summed E-state index contributed by atoms with van der Waals surface area (Å²) in [6.45, 7) is 23.2. The van der Waals surface area contributed by atoms with Gasteiger partial charge in [0.15, 0.2) is 0 Å². The summed E-state index contributed by atoms with van der Waals surface area (Å²) in [5.74, 6) is 4.14. The molecule has 0 aliphatic carbocycles. The highest BCUT2D eigenvalue weighted by molar-refractivity contribution is 7.80. The van der Waals surface area contributed by atoms with Gasteiger partial charge >= 0.3 is 6.09 Å². The molecule has 1 aliphatic heterocycles. The van der Waals surface area contributed by atoms with E-state index in [1.807, 2.05) is 36.4 Å². The van der Waals surface area contributed by atoms with Crippen molar-refractivity contribution in [2.24, 2.45) is 0 Å². The summed E-state index contributed by atoms with van der Waals surface area (Å²) in [7, 11) is -2.75. The molecule has 1 aromatic rings. The van der Waals surface area contributed by atoms with E-state index in [0.717, 1.165) is 30.4 Å². The molecule has 2 atom stereocenters. The average Bonchev–Trinajstić information content (AvgIpc) is 3.24. The Morgan fingerprint density at radius 3 is 2.47 bits per heavy atom. The van der Waals surface area contributed by atoms with Gasteiger partial charge in [-0.05, 0) is 46.6 Å². The lowest BCUT2D eigenvalue weighted by molar-refractivity contribution is 0.00957. The summed E-state index contributed by atoms with van der Waals surface area (Å²) in [6, 6.07) is 1.10. The highest BCUT2D eigenvalue weighted by atomic mass is 32.1. The third kappa shape index (κ3) is 8.18. The second-order valence-corrected chi connectivity index (χ2v) is 23.7. The van der Waals surface area contributed by atoms with Crippen LogP contribution in [0.3, 0.4) is 0 Å². The predicted octanol–water partition coefficient (Wildman–Crippen LogP) is 6.18. The van der Waals surface area contributed by atoms with E-state index < -0.39 is 27.3 Å². The van der Waals surface area contributed by atoms with Crippen LogP contribution in [0.4, 0.5) is 4.79 Å². The Bertz CT molecular complexity index is 919. The van der Waals surface area contributed by atoms with Crippen molar-refractivity contribution < 1.29 is 14.3 Å². The summed E-state index contributed by atoms with van der Waals surface area (Å²) in [5, 5.41) is -0.300. The lowest BCUT2D eigenvalue weighted by atomic mass is 9.93. The van der Waals surface area contributed by atoms with Gasteiger partial charge in [0, 0.05) is 21.2 Å². The highest BCUT2D eigenvalue weighted by Gasteiger charge is 2.48. The number of rotatable bonds is 7. The van der Waals surface area contributed by atoms with Crippen LogP contribution in [0.15, 0.2) is 6.20 Å². The first-order valence-electron chi connectivity index (χ1n) is 12.3. The second-order valence-electron chi connectivity index (χ2n) is 12.8. The maximum absolute atomic E-state index is 13.0. The number of hydrogen-bond acceptors (Lipinski definition) is 5. The molecule has 6 nitrogen and oxygen atoms in total. The Kier molecular flexibility index (Phi) is 9.23. The molecule has 1 aromatic heterocycles. The van der Waals surface area contributed by atoms with Crippen molar-refractivity contribution in [3.8, 4) is 11.5 Å². The monoisotopic (exact) mass is 523 g/mol. The molecule has 0 spiro atoms. The van der Waals surface area contributed by atoms with Crippen molar-refractivity contribution in [3.05, 3.63) is 17.7 Å². The maximum atomic E-state index is 13.0. The molecule has 1 saturated heterocycles. The lowest BCUT2D eigenvalue weighted by Crippen LogP contribution is -2.50. The van der Waals surface area contributed by atoms with Crippen LogP contribution in [0.5, 0.6) is 0 Å². The van der Waals surface area contributed by atoms with E-state index in [0.29, 0.717) is 19.9 Å². The topological polar surface area (TPSA) is 56.6 Å². The number of imidazole rings is 1. The van der Waals surface area contributed by atoms with Gasteiger partial charge in [0.25, 0.3) is 0 Å². The maximum Gasteiger partial charge on any atom is 0.410 e. The van der Waals surface area contributed by atoms with Gasteiger partial charge in [-0.15, -0.1) is 5.54 Å². The zero-order valence-corrected chi connectivity index (χ0v) is 25.8. The Labute approximate surface area is 214 Å². The molecule has 0 N–H and O–H groups in total. The molecule has 9 heteroatoms. The molecule has 2 heterocycles. The zero-order valence-electron chi connectivity index (χ0n) is 22.9. The minimum Gasteiger partial charge on any atom is -0.444 e. The van der Waals surface area contributed by atoms with Gasteiger partial charge in [-0.3, -0.25) is 4.57 Å². The van der Waals surface area contributed by atoms with Crippen LogP contribution >= 0.6 is 12.6 Å². The summed E-state index contributed by atoms with van der Waals surface area (Å²) in [4.78, 5) is 19.6. The first kappa shape index (κ1) is 29.0. The van der Waals surface area contributed by atoms with Gasteiger partial charge in [0.2, 0.25) is 0 Å². The van der Waals surface area contributed by atoms with E-state index in [1.54, 1.807) is 0 Å². The molecule has 1 aliphatic rings. The van der Waals surface area contributed by atoms with Crippen LogP contribution in [0.2, 0.25) is 45.3 Å². The SMILES string of the molecule is CC(C)(C)OC(=O)N1CCC[C@@]1(C)[C@H](S)c1ncc(C#C[Si](C)(C)C)n1COCC[Si](C)(C)C. The number of ether oxygens (including phenoxy) is 2. The Morgan fingerprint density at radius 2 is 1.91 bits per heavy atom. The smallest absolute Gasteiger partial charge is 0.410 e. The van der Waals surface area contributed by atoms with Crippen molar-refractivity contribution in [3.63, 3.8) is 0 Å². The molecule has 34 heavy (non-hydrogen) atoms. The highest BCUT2D eigenvalue weighted by Crippen LogP contribution is 2.44. The van der Waals surface area contributed by atoms with Crippen LogP contribution in [-0.4, -0.2) is 61.0 Å². The van der Waals surface area contributed by atoms with Gasteiger partial charge < -0.3 is 14.4 Å². The van der Waals surface area contributed by atoms with Crippen molar-refractivity contribution in [2.45, 2.75) is 109 Å². The number of aromatic nitrogens is 2. The number of nitrogens with zero attached hydrogens (tertiary/aromatic N) is 3. The third-order valence-corrected chi connectivity index (χ3v) is 9.16. The van der Waals surface area contributed by atoms with Gasteiger partial charge in [-0.1, -0.05) is 45.2 Å². The number of carbonyl (C=O) groups excluding carboxylic acids is 1. The second kappa shape index (κ2) is 10.8. The summed E-state index contributed by atoms with van der Waals surface area (Å²) >= 11 is 5.04. The Hall–Kier alpha value is -1.22. The van der Waals surface area contributed by atoms with E-state index >= 15 is 0 Å². The van der Waals surface area contributed by atoms with E-state index in [-0.39, 0.29) is 11.3 Å². The van der Waals surface area contributed by atoms with Gasteiger partial charge in [0.1, 0.15) is 31.9 Å². The van der Waals surface area contributed by atoms with E-state index in [2.05, 4.69) is 57.7 Å². The molecular weight excluding hydrogens is 479 g/mol. The molecule has 0 saturated carbocycles. The minimum atomic E-state index is -1.56. The van der Waals surface area contributed by atoms with Gasteiger partial charge in [-0.25, -0.2) is 9.78 Å². The van der Waals surface area contributed by atoms with Crippen molar-refractivity contribution in [1.82, 2.24) is 14.5 Å². The number of thiol groups is 1. The van der Waals surface area contributed by atoms with E-state index in [9.17, 15) is 4.79 Å². The number of carbonyl (C=O) groups is 1. The molecule has 1 fully saturated rings. The molecule has 192 valence electrons. The largest absolute Gasteiger partial charge is 0.444 e. The molecule has 0 unspecified atom stereocenters. The number of amides is 1. The number of hydrogen-bond donors (Lipinski definition) is 1. The fraction of sp³-hybridized carbons (Fsp3) is 0.760. The van der Waals surface area contributed by atoms with Crippen LogP contribution < -0.4 is 0 Å². The van der Waals surface area contributed by atoms with Crippen molar-refractivity contribution in [2.75, 3.05) is 13.2 Å². The molecule has 2 rings (SSSR count).